The number of hydrogen-bond acceptors (Lipinski definition) is 6. The maximum Gasteiger partial charge on any atom is 0.245 e. The summed E-state index contributed by atoms with van der Waals surface area (Å²) in [5.74, 6) is 0.947. The number of rotatable bonds is 4. The Hall–Kier alpha value is 0.200. The van der Waals surface area contributed by atoms with E-state index >= 15 is 0 Å². The first-order valence-electron chi connectivity index (χ1n) is 5.69. The van der Waals surface area contributed by atoms with Crippen molar-refractivity contribution < 1.29 is 16.8 Å². The van der Waals surface area contributed by atoms with Gasteiger partial charge in [-0.15, -0.1) is 22.9 Å². The van der Waals surface area contributed by atoms with Gasteiger partial charge in [0.15, 0.2) is 9.84 Å². The quantitative estimate of drug-likeness (QED) is 0.747. The van der Waals surface area contributed by atoms with Crippen LogP contribution >= 0.6 is 34.7 Å². The van der Waals surface area contributed by atoms with Crippen LogP contribution in [0, 0.1) is 0 Å². The van der Waals surface area contributed by atoms with Crippen molar-refractivity contribution in [2.45, 2.75) is 16.1 Å². The van der Waals surface area contributed by atoms with Crippen LogP contribution in [0.4, 0.5) is 0 Å². The number of hydrogen-bond donors (Lipinski definition) is 0. The van der Waals surface area contributed by atoms with E-state index in [9.17, 15) is 16.8 Å². The maximum absolute atomic E-state index is 12.7. The third kappa shape index (κ3) is 3.17. The van der Waals surface area contributed by atoms with Crippen molar-refractivity contribution in [1.29, 1.82) is 0 Å². The number of sulfone groups is 1. The Labute approximate surface area is 132 Å². The highest BCUT2D eigenvalue weighted by Crippen LogP contribution is 2.31. The largest absolute Gasteiger partial charge is 0.245 e. The van der Waals surface area contributed by atoms with Gasteiger partial charge in [-0.1, -0.05) is 0 Å². The molecule has 1 atom stereocenters. The van der Waals surface area contributed by atoms with E-state index in [2.05, 4.69) is 0 Å². The zero-order chi connectivity index (χ0) is 15.0. The van der Waals surface area contributed by atoms with Crippen LogP contribution in [0.15, 0.2) is 16.3 Å². The van der Waals surface area contributed by atoms with Crippen LogP contribution in [0.5, 0.6) is 0 Å². The molecular formula is C10H14ClNO4S4. The van der Waals surface area contributed by atoms with Crippen LogP contribution in [-0.2, 0) is 25.7 Å². The molecule has 1 unspecified atom stereocenters. The minimum Gasteiger partial charge on any atom is -0.227 e. The molecule has 0 aliphatic carbocycles. The van der Waals surface area contributed by atoms with Crippen molar-refractivity contribution in [3.05, 3.63) is 16.3 Å². The van der Waals surface area contributed by atoms with Gasteiger partial charge in [0, 0.05) is 29.2 Å². The summed E-state index contributed by atoms with van der Waals surface area (Å²) >= 11 is 8.45. The zero-order valence-corrected chi connectivity index (χ0v) is 14.7. The summed E-state index contributed by atoms with van der Waals surface area (Å²) in [5, 5.41) is 0.646. The van der Waals surface area contributed by atoms with Crippen molar-refractivity contribution in [3.8, 4) is 0 Å². The Balaban J connectivity index is 2.47. The van der Waals surface area contributed by atoms with Crippen molar-refractivity contribution in [2.75, 3.05) is 24.3 Å². The third-order valence-electron chi connectivity index (χ3n) is 2.94. The summed E-state index contributed by atoms with van der Waals surface area (Å²) in [4.78, 5) is 0.662. The fourth-order valence-corrected chi connectivity index (χ4v) is 8.81. The lowest BCUT2D eigenvalue weighted by molar-refractivity contribution is 0.405. The molecule has 2 rings (SSSR count). The number of alkyl halides is 1. The molecule has 0 radical (unpaired) electrons. The molecule has 0 amide bonds. The summed E-state index contributed by atoms with van der Waals surface area (Å²) in [6.07, 6.45) is 1.07. The van der Waals surface area contributed by atoms with Gasteiger partial charge in [0.25, 0.3) is 0 Å². The second kappa shape index (κ2) is 6.13. The first-order chi connectivity index (χ1) is 9.28. The van der Waals surface area contributed by atoms with Gasteiger partial charge in [-0.25, -0.2) is 16.8 Å². The van der Waals surface area contributed by atoms with Crippen LogP contribution in [0.25, 0.3) is 0 Å². The summed E-state index contributed by atoms with van der Waals surface area (Å²) in [6, 6.07) is 1.48. The average molecular weight is 376 g/mol. The molecule has 10 heteroatoms. The average Bonchev–Trinajstić information content (AvgIpc) is 2.86. The Morgan fingerprint density at radius 2 is 2.10 bits per heavy atom. The van der Waals surface area contributed by atoms with Gasteiger partial charge in [0.05, 0.1) is 10.8 Å². The molecule has 114 valence electrons. The minimum atomic E-state index is -3.83. The van der Waals surface area contributed by atoms with Crippen molar-refractivity contribution in [1.82, 2.24) is 4.31 Å². The lowest BCUT2D eigenvalue weighted by atomic mass is 10.5. The van der Waals surface area contributed by atoms with E-state index < -0.39 is 25.2 Å². The van der Waals surface area contributed by atoms with Crippen LogP contribution in [0.2, 0.25) is 0 Å². The second-order valence-electron chi connectivity index (χ2n) is 4.32. The molecular weight excluding hydrogens is 362 g/mol. The van der Waals surface area contributed by atoms with E-state index in [0.717, 1.165) is 10.6 Å². The van der Waals surface area contributed by atoms with Gasteiger partial charge in [-0.2, -0.15) is 16.1 Å². The fourth-order valence-electron chi connectivity index (χ4n) is 1.96. The van der Waals surface area contributed by atoms with Crippen molar-refractivity contribution in [2.24, 2.45) is 0 Å². The Morgan fingerprint density at radius 1 is 1.40 bits per heavy atom. The SMILES string of the molecule is CS(=O)(=O)C1CSCCN1S(=O)(=O)c1ccsc1CCl. The Bertz CT molecular complexity index is 682. The first kappa shape index (κ1) is 16.6. The van der Waals surface area contributed by atoms with Crippen LogP contribution in [-0.4, -0.2) is 50.8 Å². The van der Waals surface area contributed by atoms with Gasteiger partial charge in [0.1, 0.15) is 5.37 Å². The van der Waals surface area contributed by atoms with Crippen LogP contribution < -0.4 is 0 Å². The number of nitrogens with zero attached hydrogens (tertiary/aromatic N) is 1. The highest BCUT2D eigenvalue weighted by molar-refractivity contribution is 8.01. The van der Waals surface area contributed by atoms with Gasteiger partial charge in [0.2, 0.25) is 10.0 Å². The van der Waals surface area contributed by atoms with Gasteiger partial charge < -0.3 is 0 Å². The van der Waals surface area contributed by atoms with E-state index in [4.69, 9.17) is 11.6 Å². The van der Waals surface area contributed by atoms with E-state index in [1.165, 1.54) is 29.2 Å². The monoisotopic (exact) mass is 375 g/mol. The minimum absolute atomic E-state index is 0.0956. The first-order valence-corrected chi connectivity index (χ1v) is 11.7. The molecule has 1 saturated heterocycles. The predicted octanol–water partition coefficient (Wildman–Crippen LogP) is 1.60. The smallest absolute Gasteiger partial charge is 0.227 e. The normalized spacial score (nSPS) is 22.0. The van der Waals surface area contributed by atoms with E-state index in [-0.39, 0.29) is 23.1 Å². The topological polar surface area (TPSA) is 71.5 Å². The molecule has 2 heterocycles. The van der Waals surface area contributed by atoms with Crippen LogP contribution in [0.3, 0.4) is 0 Å². The molecule has 0 N–H and O–H groups in total. The van der Waals surface area contributed by atoms with Crippen LogP contribution in [0.1, 0.15) is 4.88 Å². The molecule has 20 heavy (non-hydrogen) atoms. The highest BCUT2D eigenvalue weighted by atomic mass is 35.5. The Kier molecular flexibility index (Phi) is 5.08. The molecule has 0 saturated carbocycles. The molecule has 1 aromatic heterocycles. The summed E-state index contributed by atoms with van der Waals surface area (Å²) in [7, 11) is -7.30. The molecule has 0 aromatic carbocycles. The summed E-state index contributed by atoms with van der Waals surface area (Å²) in [6.45, 7) is 0.197. The summed E-state index contributed by atoms with van der Waals surface area (Å²) < 4.78 is 50.1. The molecule has 0 bridgehead atoms. The molecule has 0 spiro atoms. The fraction of sp³-hybridized carbons (Fsp3) is 0.600. The number of halogens is 1. The van der Waals surface area contributed by atoms with Gasteiger partial charge in [-0.05, 0) is 11.4 Å². The van der Waals surface area contributed by atoms with E-state index in [0.29, 0.717) is 10.6 Å². The van der Waals surface area contributed by atoms with E-state index in [1.807, 2.05) is 0 Å². The lowest BCUT2D eigenvalue weighted by Gasteiger charge is -2.32. The Morgan fingerprint density at radius 3 is 2.70 bits per heavy atom. The standard InChI is InChI=1S/C10H14ClNO4S4/c1-19(13,14)10-7-17-5-3-12(10)20(15,16)9-2-4-18-8(9)6-11/h2,4,10H,3,5-7H2,1H3. The molecule has 5 nitrogen and oxygen atoms in total. The number of thioether (sulfide) groups is 1. The predicted molar refractivity (Wildman–Crippen MR) is 83.7 cm³/mol. The number of sulfonamides is 1. The molecule has 1 aliphatic heterocycles. The highest BCUT2D eigenvalue weighted by Gasteiger charge is 2.40. The molecule has 1 aromatic rings. The van der Waals surface area contributed by atoms with Gasteiger partial charge in [-0.3, -0.25) is 0 Å². The van der Waals surface area contributed by atoms with Crippen molar-refractivity contribution >= 4 is 54.6 Å². The van der Waals surface area contributed by atoms with E-state index in [1.54, 1.807) is 5.38 Å². The summed E-state index contributed by atoms with van der Waals surface area (Å²) in [5.41, 5.74) is 0. The second-order valence-corrected chi connectivity index (χ2v) is 10.8. The number of thiophene rings is 1. The van der Waals surface area contributed by atoms with Crippen molar-refractivity contribution in [3.63, 3.8) is 0 Å². The molecule has 1 aliphatic rings. The maximum atomic E-state index is 12.7. The zero-order valence-electron chi connectivity index (χ0n) is 10.7. The molecule has 1 fully saturated rings. The van der Waals surface area contributed by atoms with Gasteiger partial charge >= 0.3 is 0 Å². The third-order valence-corrected chi connectivity index (χ3v) is 9.19. The lowest BCUT2D eigenvalue weighted by Crippen LogP contribution is -2.49.